The molecule has 0 unspecified atom stereocenters. The summed E-state index contributed by atoms with van der Waals surface area (Å²) in [6, 6.07) is 5.47. The molecule has 1 heterocycles. The third-order valence-electron chi connectivity index (χ3n) is 2.05. The van der Waals surface area contributed by atoms with E-state index >= 15 is 0 Å². The van der Waals surface area contributed by atoms with Gasteiger partial charge in [-0.2, -0.15) is 0 Å². The Bertz CT molecular complexity index is 470. The number of ether oxygens (including phenoxy) is 1. The molecule has 16 heavy (non-hydrogen) atoms. The van der Waals surface area contributed by atoms with Crippen molar-refractivity contribution in [1.29, 1.82) is 0 Å². The molecule has 0 amide bonds. The van der Waals surface area contributed by atoms with Gasteiger partial charge in [-0.05, 0) is 19.1 Å². The Kier molecular flexibility index (Phi) is 3.69. The summed E-state index contributed by atoms with van der Waals surface area (Å²) in [5, 5.41) is 0.667. The highest BCUT2D eigenvalue weighted by molar-refractivity contribution is 7.99. The lowest BCUT2D eigenvalue weighted by atomic mass is 10.3. The van der Waals surface area contributed by atoms with E-state index in [4.69, 9.17) is 14.9 Å². The van der Waals surface area contributed by atoms with Crippen LogP contribution in [0.1, 0.15) is 6.92 Å². The van der Waals surface area contributed by atoms with Gasteiger partial charge in [-0.3, -0.25) is 0 Å². The second-order valence-corrected chi connectivity index (χ2v) is 4.30. The van der Waals surface area contributed by atoms with Crippen LogP contribution in [0, 0.1) is 0 Å². The molecule has 0 bridgehead atoms. The van der Waals surface area contributed by atoms with Gasteiger partial charge in [0.25, 0.3) is 5.22 Å². The van der Waals surface area contributed by atoms with Gasteiger partial charge in [0.1, 0.15) is 5.52 Å². The lowest BCUT2D eigenvalue weighted by molar-refractivity contribution is 0.164. The molecule has 0 spiro atoms. The molecule has 0 saturated heterocycles. The van der Waals surface area contributed by atoms with Crippen molar-refractivity contribution in [2.24, 2.45) is 0 Å². The molecule has 0 aliphatic rings. The summed E-state index contributed by atoms with van der Waals surface area (Å²) in [6.07, 6.45) is 0. The fraction of sp³-hybridized carbons (Fsp3) is 0.364. The first-order valence-corrected chi connectivity index (χ1v) is 6.15. The Labute approximate surface area is 98.2 Å². The molecule has 0 aliphatic heterocycles. The average Bonchev–Trinajstić information content (AvgIpc) is 2.66. The summed E-state index contributed by atoms with van der Waals surface area (Å²) in [4.78, 5) is 4.34. The minimum absolute atomic E-state index is 0.667. The number of thioether (sulfide) groups is 1. The van der Waals surface area contributed by atoms with Gasteiger partial charge >= 0.3 is 0 Å². The lowest BCUT2D eigenvalue weighted by Gasteiger charge is -1.96. The fourth-order valence-corrected chi connectivity index (χ4v) is 2.00. The first kappa shape index (κ1) is 11.3. The fourth-order valence-electron chi connectivity index (χ4n) is 1.31. The van der Waals surface area contributed by atoms with Crippen molar-refractivity contribution < 1.29 is 9.15 Å². The number of benzene rings is 1. The van der Waals surface area contributed by atoms with Crippen molar-refractivity contribution in [2.75, 3.05) is 24.7 Å². The standard InChI is InChI=1S/C11H14N2O2S/c1-2-14-5-6-16-11-13-9-4-3-8(12)7-10(9)15-11/h3-4,7H,2,5-6,12H2,1H3. The van der Waals surface area contributed by atoms with E-state index < -0.39 is 0 Å². The predicted octanol–water partition coefficient (Wildman–Crippen LogP) is 2.54. The molecule has 0 fully saturated rings. The van der Waals surface area contributed by atoms with E-state index in [2.05, 4.69) is 4.98 Å². The number of hydrogen-bond donors (Lipinski definition) is 1. The van der Waals surface area contributed by atoms with Crippen molar-refractivity contribution in [2.45, 2.75) is 12.1 Å². The Morgan fingerprint density at radius 3 is 3.19 bits per heavy atom. The topological polar surface area (TPSA) is 61.3 Å². The van der Waals surface area contributed by atoms with Gasteiger partial charge in [0.05, 0.1) is 6.61 Å². The molecule has 0 aliphatic carbocycles. The minimum Gasteiger partial charge on any atom is -0.431 e. The highest BCUT2D eigenvalue weighted by Gasteiger charge is 2.05. The normalized spacial score (nSPS) is 11.1. The van der Waals surface area contributed by atoms with E-state index in [0.717, 1.165) is 23.5 Å². The molecule has 4 nitrogen and oxygen atoms in total. The summed E-state index contributed by atoms with van der Waals surface area (Å²) in [6.45, 7) is 3.43. The first-order chi connectivity index (χ1) is 7.79. The molecular weight excluding hydrogens is 224 g/mol. The first-order valence-electron chi connectivity index (χ1n) is 5.16. The Morgan fingerprint density at radius 1 is 1.50 bits per heavy atom. The number of rotatable bonds is 5. The molecule has 2 rings (SSSR count). The third-order valence-corrected chi connectivity index (χ3v) is 2.84. The van der Waals surface area contributed by atoms with Crippen LogP contribution in [0.5, 0.6) is 0 Å². The maximum Gasteiger partial charge on any atom is 0.256 e. The smallest absolute Gasteiger partial charge is 0.256 e. The number of fused-ring (bicyclic) bond motifs is 1. The number of oxazole rings is 1. The van der Waals surface area contributed by atoms with Crippen molar-refractivity contribution in [3.8, 4) is 0 Å². The van der Waals surface area contributed by atoms with Crippen LogP contribution >= 0.6 is 11.8 Å². The molecule has 0 radical (unpaired) electrons. The second-order valence-electron chi connectivity index (χ2n) is 3.25. The number of anilines is 1. The zero-order chi connectivity index (χ0) is 11.4. The Morgan fingerprint density at radius 2 is 2.38 bits per heavy atom. The number of hydrogen-bond acceptors (Lipinski definition) is 5. The van der Waals surface area contributed by atoms with E-state index in [1.54, 1.807) is 17.8 Å². The van der Waals surface area contributed by atoms with Crippen molar-refractivity contribution in [3.63, 3.8) is 0 Å². The molecule has 5 heteroatoms. The molecule has 1 aromatic heterocycles. The number of nitrogens with two attached hydrogens (primary N) is 1. The van der Waals surface area contributed by atoms with Crippen molar-refractivity contribution in [3.05, 3.63) is 18.2 Å². The molecule has 0 saturated carbocycles. The number of nitrogens with zero attached hydrogens (tertiary/aromatic N) is 1. The van der Waals surface area contributed by atoms with Gasteiger partial charge in [-0.1, -0.05) is 11.8 Å². The zero-order valence-electron chi connectivity index (χ0n) is 9.10. The summed E-state index contributed by atoms with van der Waals surface area (Å²) in [7, 11) is 0. The van der Waals surface area contributed by atoms with E-state index in [9.17, 15) is 0 Å². The predicted molar refractivity (Wildman–Crippen MR) is 65.6 cm³/mol. The summed E-state index contributed by atoms with van der Waals surface area (Å²) < 4.78 is 10.8. The van der Waals surface area contributed by atoms with E-state index in [0.29, 0.717) is 17.5 Å². The maximum atomic E-state index is 5.66. The van der Waals surface area contributed by atoms with E-state index in [1.165, 1.54) is 0 Å². The number of nitrogen functional groups attached to an aromatic ring is 1. The molecule has 2 N–H and O–H groups in total. The van der Waals surface area contributed by atoms with Crippen LogP contribution in [0.2, 0.25) is 0 Å². The average molecular weight is 238 g/mol. The molecular formula is C11H14N2O2S. The summed E-state index contributed by atoms with van der Waals surface area (Å²) in [5.41, 5.74) is 7.92. The van der Waals surface area contributed by atoms with Crippen LogP contribution in [0.3, 0.4) is 0 Å². The van der Waals surface area contributed by atoms with Crippen LogP contribution in [0.15, 0.2) is 27.8 Å². The van der Waals surface area contributed by atoms with Gasteiger partial charge in [-0.25, -0.2) is 4.98 Å². The van der Waals surface area contributed by atoms with Gasteiger partial charge < -0.3 is 14.9 Å². The van der Waals surface area contributed by atoms with Gasteiger partial charge in [0.2, 0.25) is 0 Å². The van der Waals surface area contributed by atoms with Crippen LogP contribution in [0.4, 0.5) is 5.69 Å². The summed E-state index contributed by atoms with van der Waals surface area (Å²) >= 11 is 1.55. The molecule has 86 valence electrons. The van der Waals surface area contributed by atoms with E-state index in [1.807, 2.05) is 19.1 Å². The Balaban J connectivity index is 2.02. The van der Waals surface area contributed by atoms with E-state index in [-0.39, 0.29) is 0 Å². The molecule has 1 aromatic carbocycles. The highest BCUT2D eigenvalue weighted by atomic mass is 32.2. The maximum absolute atomic E-state index is 5.66. The minimum atomic E-state index is 0.667. The summed E-state index contributed by atoms with van der Waals surface area (Å²) in [5.74, 6) is 0.843. The third kappa shape index (κ3) is 2.68. The van der Waals surface area contributed by atoms with Crippen LogP contribution < -0.4 is 5.73 Å². The monoisotopic (exact) mass is 238 g/mol. The van der Waals surface area contributed by atoms with Crippen molar-refractivity contribution >= 4 is 28.5 Å². The van der Waals surface area contributed by atoms with Gasteiger partial charge in [0.15, 0.2) is 5.58 Å². The SMILES string of the molecule is CCOCCSc1nc2ccc(N)cc2o1. The largest absolute Gasteiger partial charge is 0.431 e. The van der Waals surface area contributed by atoms with Crippen LogP contribution in [0.25, 0.3) is 11.1 Å². The van der Waals surface area contributed by atoms with Crippen LogP contribution in [-0.4, -0.2) is 24.0 Å². The highest BCUT2D eigenvalue weighted by Crippen LogP contribution is 2.24. The van der Waals surface area contributed by atoms with Gasteiger partial charge in [0, 0.05) is 24.1 Å². The zero-order valence-corrected chi connectivity index (χ0v) is 9.92. The molecule has 2 aromatic rings. The quantitative estimate of drug-likeness (QED) is 0.492. The van der Waals surface area contributed by atoms with Crippen molar-refractivity contribution in [1.82, 2.24) is 4.98 Å². The second kappa shape index (κ2) is 5.23. The van der Waals surface area contributed by atoms with Gasteiger partial charge in [-0.15, -0.1) is 0 Å². The number of aromatic nitrogens is 1. The Hall–Kier alpha value is -1.20. The lowest BCUT2D eigenvalue weighted by Crippen LogP contribution is -1.95. The molecule has 0 atom stereocenters. The van der Waals surface area contributed by atoms with Crippen LogP contribution in [-0.2, 0) is 4.74 Å².